The van der Waals surface area contributed by atoms with Gasteiger partial charge in [-0.05, 0) is 36.8 Å². The van der Waals surface area contributed by atoms with Gasteiger partial charge < -0.3 is 15.0 Å². The molecule has 2 N–H and O–H groups in total. The second-order valence-electron chi connectivity index (χ2n) is 7.33. The Morgan fingerprint density at radius 3 is 1.70 bits per heavy atom. The van der Waals surface area contributed by atoms with Crippen LogP contribution in [0.2, 0.25) is 0 Å². The zero-order valence-corrected chi connectivity index (χ0v) is 17.7. The van der Waals surface area contributed by atoms with E-state index in [4.69, 9.17) is 0 Å². The van der Waals surface area contributed by atoms with E-state index in [1.165, 1.54) is 0 Å². The van der Waals surface area contributed by atoms with Crippen LogP contribution in [-0.4, -0.2) is 5.11 Å². The lowest BCUT2D eigenvalue weighted by atomic mass is 10.2. The second-order valence-corrected chi connectivity index (χ2v) is 10.2. The summed E-state index contributed by atoms with van der Waals surface area (Å²) in [6.45, 7) is 2.04. The van der Waals surface area contributed by atoms with Gasteiger partial charge in [-0.25, -0.2) is 0 Å². The van der Waals surface area contributed by atoms with E-state index in [1.54, 1.807) is 12.1 Å². The third-order valence-corrected chi connectivity index (χ3v) is 8.49. The van der Waals surface area contributed by atoms with Gasteiger partial charge in [-0.1, -0.05) is 90.5 Å². The number of phenolic OH excluding ortho intramolecular Hbond substituents is 1. The van der Waals surface area contributed by atoms with E-state index in [9.17, 15) is 9.67 Å². The summed E-state index contributed by atoms with van der Waals surface area (Å²) in [5, 5.41) is 14.9. The minimum absolute atomic E-state index is 0.182. The number of anilines is 1. The fourth-order valence-corrected chi connectivity index (χ4v) is 6.64. The smallest absolute Gasteiger partial charge is 0.168 e. The Balaban J connectivity index is 1.92. The molecule has 0 aliphatic heterocycles. The summed E-state index contributed by atoms with van der Waals surface area (Å²) in [5.41, 5.74) is 2.91. The molecule has 3 nitrogen and oxygen atoms in total. The number of aromatic hydroxyl groups is 1. The zero-order valence-electron chi connectivity index (χ0n) is 16.8. The molecule has 0 saturated heterocycles. The zero-order chi connectivity index (χ0) is 21.0. The molecular formula is C26H24NO2P. The SMILES string of the molecule is Cc1ccc(NC(c2ccc(O)cc2)P(=O)(c2ccccc2)c2ccccc2)cc1. The average molecular weight is 413 g/mol. The molecule has 0 saturated carbocycles. The monoisotopic (exact) mass is 413 g/mol. The van der Waals surface area contributed by atoms with Crippen molar-refractivity contribution >= 4 is 23.4 Å². The molecule has 150 valence electrons. The van der Waals surface area contributed by atoms with E-state index < -0.39 is 12.9 Å². The fraction of sp³-hybridized carbons (Fsp3) is 0.0769. The Kier molecular flexibility index (Phi) is 5.74. The first-order valence-corrected chi connectivity index (χ1v) is 11.7. The average Bonchev–Trinajstić information content (AvgIpc) is 2.80. The van der Waals surface area contributed by atoms with Crippen LogP contribution in [0.15, 0.2) is 109 Å². The summed E-state index contributed by atoms with van der Waals surface area (Å²) in [6, 6.07) is 34.3. The van der Waals surface area contributed by atoms with Crippen LogP contribution in [0, 0.1) is 6.92 Å². The molecular weight excluding hydrogens is 389 g/mol. The third kappa shape index (κ3) is 4.03. The van der Waals surface area contributed by atoms with E-state index in [-0.39, 0.29) is 5.75 Å². The van der Waals surface area contributed by atoms with Gasteiger partial charge in [-0.15, -0.1) is 0 Å². The molecule has 0 heterocycles. The number of benzene rings is 4. The molecule has 0 aliphatic rings. The summed E-state index contributed by atoms with van der Waals surface area (Å²) in [5.74, 6) is -0.312. The summed E-state index contributed by atoms with van der Waals surface area (Å²) in [4.78, 5) is 0. The molecule has 0 aliphatic carbocycles. The number of hydrogen-bond donors (Lipinski definition) is 2. The molecule has 0 amide bonds. The minimum Gasteiger partial charge on any atom is -0.508 e. The van der Waals surface area contributed by atoms with Gasteiger partial charge in [-0.2, -0.15) is 0 Å². The standard InChI is InChI=1S/C26H24NO2P/c1-20-12-16-22(17-13-20)27-26(21-14-18-23(28)19-15-21)30(29,24-8-4-2-5-9-24)25-10-6-3-7-11-25/h2-19,26-28H,1H3. The van der Waals surface area contributed by atoms with Gasteiger partial charge in [0, 0.05) is 16.3 Å². The van der Waals surface area contributed by atoms with Crippen LogP contribution in [-0.2, 0) is 4.57 Å². The van der Waals surface area contributed by atoms with Crippen molar-refractivity contribution in [3.8, 4) is 5.75 Å². The van der Waals surface area contributed by atoms with Crippen molar-refractivity contribution in [2.45, 2.75) is 12.7 Å². The van der Waals surface area contributed by atoms with Gasteiger partial charge in [-0.3, -0.25) is 0 Å². The molecule has 0 spiro atoms. The maximum atomic E-state index is 14.9. The Morgan fingerprint density at radius 2 is 1.20 bits per heavy atom. The van der Waals surface area contributed by atoms with Crippen LogP contribution in [0.4, 0.5) is 5.69 Å². The largest absolute Gasteiger partial charge is 0.508 e. The maximum absolute atomic E-state index is 14.9. The molecule has 4 aromatic rings. The van der Waals surface area contributed by atoms with E-state index in [0.717, 1.165) is 27.4 Å². The van der Waals surface area contributed by atoms with Crippen molar-refractivity contribution in [2.24, 2.45) is 0 Å². The summed E-state index contributed by atoms with van der Waals surface area (Å²) in [6.07, 6.45) is 0. The van der Waals surface area contributed by atoms with Gasteiger partial charge in [0.1, 0.15) is 11.5 Å². The van der Waals surface area contributed by atoms with Crippen molar-refractivity contribution in [1.82, 2.24) is 0 Å². The summed E-state index contributed by atoms with van der Waals surface area (Å²) < 4.78 is 14.9. The molecule has 4 heteroatoms. The number of aryl methyl sites for hydroxylation is 1. The Hall–Kier alpha value is -3.29. The third-order valence-electron chi connectivity index (χ3n) is 5.21. The van der Waals surface area contributed by atoms with Crippen molar-refractivity contribution < 1.29 is 9.67 Å². The van der Waals surface area contributed by atoms with E-state index in [1.807, 2.05) is 104 Å². The van der Waals surface area contributed by atoms with E-state index in [0.29, 0.717) is 0 Å². The number of nitrogens with one attached hydrogen (secondary N) is 1. The number of phenols is 1. The quantitative estimate of drug-likeness (QED) is 0.391. The van der Waals surface area contributed by atoms with Crippen LogP contribution < -0.4 is 15.9 Å². The molecule has 1 atom stereocenters. The van der Waals surface area contributed by atoms with Crippen molar-refractivity contribution in [3.05, 3.63) is 120 Å². The lowest BCUT2D eigenvalue weighted by molar-refractivity contribution is 0.475. The van der Waals surface area contributed by atoms with Gasteiger partial charge in [0.05, 0.1) is 0 Å². The van der Waals surface area contributed by atoms with Gasteiger partial charge in [0.25, 0.3) is 0 Å². The lowest BCUT2D eigenvalue weighted by Gasteiger charge is -2.31. The first-order valence-electron chi connectivity index (χ1n) is 9.90. The van der Waals surface area contributed by atoms with Gasteiger partial charge in [0.2, 0.25) is 0 Å². The molecule has 0 radical (unpaired) electrons. The second kappa shape index (κ2) is 8.61. The normalized spacial score (nSPS) is 12.3. The van der Waals surface area contributed by atoms with Crippen LogP contribution in [0.25, 0.3) is 0 Å². The van der Waals surface area contributed by atoms with Gasteiger partial charge >= 0.3 is 0 Å². The molecule has 0 fully saturated rings. The first kappa shape index (κ1) is 20.0. The molecule has 0 aromatic heterocycles. The highest BCUT2D eigenvalue weighted by atomic mass is 31.2. The first-order chi connectivity index (χ1) is 14.6. The van der Waals surface area contributed by atoms with Crippen molar-refractivity contribution in [3.63, 3.8) is 0 Å². The lowest BCUT2D eigenvalue weighted by Crippen LogP contribution is -2.25. The number of rotatable bonds is 6. The van der Waals surface area contributed by atoms with E-state index >= 15 is 0 Å². The summed E-state index contributed by atoms with van der Waals surface area (Å²) in [7, 11) is -3.14. The van der Waals surface area contributed by atoms with Crippen molar-refractivity contribution in [1.29, 1.82) is 0 Å². The van der Waals surface area contributed by atoms with Crippen LogP contribution in [0.1, 0.15) is 16.9 Å². The minimum atomic E-state index is -3.14. The highest BCUT2D eigenvalue weighted by Gasteiger charge is 2.38. The Labute approximate surface area is 177 Å². The predicted molar refractivity (Wildman–Crippen MR) is 125 cm³/mol. The predicted octanol–water partition coefficient (Wildman–Crippen LogP) is 5.83. The van der Waals surface area contributed by atoms with E-state index in [2.05, 4.69) is 5.32 Å². The molecule has 4 aromatic carbocycles. The van der Waals surface area contributed by atoms with Crippen molar-refractivity contribution in [2.75, 3.05) is 5.32 Å². The highest BCUT2D eigenvalue weighted by molar-refractivity contribution is 7.79. The Morgan fingerprint density at radius 1 is 0.700 bits per heavy atom. The van der Waals surface area contributed by atoms with Crippen LogP contribution in [0.3, 0.4) is 0 Å². The van der Waals surface area contributed by atoms with Gasteiger partial charge in [0.15, 0.2) is 7.14 Å². The van der Waals surface area contributed by atoms with Crippen LogP contribution >= 0.6 is 7.14 Å². The summed E-state index contributed by atoms with van der Waals surface area (Å²) >= 11 is 0. The molecule has 4 rings (SSSR count). The maximum Gasteiger partial charge on any atom is 0.168 e. The topological polar surface area (TPSA) is 49.3 Å². The number of hydrogen-bond acceptors (Lipinski definition) is 3. The fourth-order valence-electron chi connectivity index (χ4n) is 3.59. The highest BCUT2D eigenvalue weighted by Crippen LogP contribution is 2.57. The molecule has 1 unspecified atom stereocenters. The Bertz CT molecular complexity index is 1100. The molecule has 0 bridgehead atoms. The molecule has 30 heavy (non-hydrogen) atoms. The van der Waals surface area contributed by atoms with Crippen LogP contribution in [0.5, 0.6) is 5.75 Å².